The van der Waals surface area contributed by atoms with Gasteiger partial charge in [-0.3, -0.25) is 0 Å². The molecule has 5 fully saturated rings. The molecule has 56 heavy (non-hydrogen) atoms. The second-order valence-corrected chi connectivity index (χ2v) is 14.4. The van der Waals surface area contributed by atoms with Gasteiger partial charge in [0.1, 0.15) is 22.3 Å². The second-order valence-electron chi connectivity index (χ2n) is 14.4. The van der Waals surface area contributed by atoms with Gasteiger partial charge in [-0.2, -0.15) is 0 Å². The number of esters is 6. The minimum absolute atomic E-state index is 0.0735. The van der Waals surface area contributed by atoms with E-state index in [1.54, 1.807) is 0 Å². The minimum Gasteiger partial charge on any atom is -0.480 e. The van der Waals surface area contributed by atoms with Gasteiger partial charge in [0, 0.05) is 51.4 Å². The molecule has 2 saturated heterocycles. The number of carbonyl (C=O) groups excluding carboxylic acids is 6. The van der Waals surface area contributed by atoms with Gasteiger partial charge < -0.3 is 48.1 Å². The van der Waals surface area contributed by atoms with E-state index in [0.29, 0.717) is 25.7 Å². The maximum Gasteiger partial charge on any atom is 0.348 e. The van der Waals surface area contributed by atoms with Crippen molar-refractivity contribution in [3.63, 3.8) is 0 Å². The third kappa shape index (κ3) is 7.86. The average Bonchev–Trinajstić information content (AvgIpc) is 3.14. The van der Waals surface area contributed by atoms with Crippen molar-refractivity contribution in [3.05, 3.63) is 94.9 Å². The van der Waals surface area contributed by atoms with Crippen molar-refractivity contribution < 1.29 is 76.9 Å². The van der Waals surface area contributed by atoms with Crippen molar-refractivity contribution in [2.24, 2.45) is 0 Å². The Morgan fingerprint density at radius 1 is 0.357 bits per heavy atom. The molecule has 0 bridgehead atoms. The lowest BCUT2D eigenvalue weighted by molar-refractivity contribution is -0.302. The van der Waals surface area contributed by atoms with Crippen molar-refractivity contribution in [2.75, 3.05) is 0 Å². The Morgan fingerprint density at radius 3 is 0.982 bits per heavy atom. The van der Waals surface area contributed by atoms with Gasteiger partial charge in [0.15, 0.2) is 0 Å². The summed E-state index contributed by atoms with van der Waals surface area (Å²) in [6.45, 7) is 0. The number of hydrogen-bond donors (Lipinski definition) is 2. The van der Waals surface area contributed by atoms with Gasteiger partial charge >= 0.3 is 35.8 Å². The molecule has 296 valence electrons. The van der Waals surface area contributed by atoms with Gasteiger partial charge in [-0.05, 0) is 50.0 Å². The van der Waals surface area contributed by atoms with Crippen LogP contribution in [-0.4, -0.2) is 69.2 Å². The van der Waals surface area contributed by atoms with Crippen molar-refractivity contribution in [1.29, 1.82) is 0 Å². The first-order valence-electron chi connectivity index (χ1n) is 18.6. The molecular weight excluding hydrogens is 736 g/mol. The van der Waals surface area contributed by atoms with Crippen LogP contribution in [0.3, 0.4) is 0 Å². The number of ether oxygens (including phenoxy) is 8. The Kier molecular flexibility index (Phi) is 10.4. The van der Waals surface area contributed by atoms with E-state index in [2.05, 4.69) is 0 Å². The van der Waals surface area contributed by atoms with E-state index in [1.165, 1.54) is 60.8 Å². The van der Waals surface area contributed by atoms with E-state index >= 15 is 0 Å². The fraction of sp³-hybridized carbons (Fsp3) is 0.450. The summed E-state index contributed by atoms with van der Waals surface area (Å²) < 4.78 is 44.2. The van der Waals surface area contributed by atoms with Crippen LogP contribution in [0.25, 0.3) is 0 Å². The standard InChI is InChI=1S/C40H40O16/c41-29-25(30(42)50-37(49-29)17-9-3-10-18-37)13-5-1-7-15-27-33(45)53-39(54-34(27)46)21-23-40(24-22-39)55-35(47)28(36(48)56-40)16-8-2-6-14-26-31(43)51-38(52-32(26)44)19-11-4-12-20-38/h1-2,5-8,13-16,45,47H,3-4,9-12,17-24H2/b5-1+,6-2+,15-7+,16-8+. The summed E-state index contributed by atoms with van der Waals surface area (Å²) in [4.78, 5) is 75.8. The fourth-order valence-corrected chi connectivity index (χ4v) is 7.53. The molecule has 16 heteroatoms. The van der Waals surface area contributed by atoms with Crippen molar-refractivity contribution in [1.82, 2.24) is 0 Å². The summed E-state index contributed by atoms with van der Waals surface area (Å²) in [5.74, 6) is -11.9. The van der Waals surface area contributed by atoms with E-state index in [1.807, 2.05) is 0 Å². The zero-order valence-electron chi connectivity index (χ0n) is 30.3. The van der Waals surface area contributed by atoms with Crippen molar-refractivity contribution in [3.8, 4) is 0 Å². The molecule has 0 radical (unpaired) electrons. The molecule has 0 aromatic heterocycles. The zero-order chi connectivity index (χ0) is 39.6. The molecule has 7 aliphatic rings. The fourth-order valence-electron chi connectivity index (χ4n) is 7.53. The van der Waals surface area contributed by atoms with Gasteiger partial charge in [0.25, 0.3) is 35.0 Å². The van der Waals surface area contributed by atoms with Crippen LogP contribution in [0.5, 0.6) is 0 Å². The van der Waals surface area contributed by atoms with Crippen LogP contribution in [0, 0.1) is 0 Å². The molecule has 0 atom stereocenters. The highest BCUT2D eigenvalue weighted by Crippen LogP contribution is 2.46. The number of allylic oxidation sites excluding steroid dienone is 8. The lowest BCUT2D eigenvalue weighted by atomic mass is 9.87. The minimum atomic E-state index is -1.59. The molecule has 3 saturated carbocycles. The molecule has 2 N–H and O–H groups in total. The summed E-state index contributed by atoms with van der Waals surface area (Å²) in [5, 5.41) is 21.2. The normalized spacial score (nSPS) is 25.7. The lowest BCUT2D eigenvalue weighted by Crippen LogP contribution is -2.53. The van der Waals surface area contributed by atoms with E-state index in [0.717, 1.165) is 38.5 Å². The quantitative estimate of drug-likeness (QED) is 0.116. The SMILES string of the molecule is O=C1OC2(CCCCC2)OC(=O)C1=C/C=C/C=C/C1=C(O)OC2(CCC3(CC2)OC(=O)C(/C=C/C=C/C=C2C(=O)OC4(CCCCC4)OC2=O)=C(O)O3)OC1=O. The highest BCUT2D eigenvalue weighted by molar-refractivity contribution is 6.16. The number of aliphatic hydroxyl groups excluding tert-OH is 2. The molecule has 0 amide bonds. The topological polar surface area (TPSA) is 217 Å². The molecular formula is C40H40O16. The van der Waals surface area contributed by atoms with Gasteiger partial charge in [-0.25, -0.2) is 28.8 Å². The summed E-state index contributed by atoms with van der Waals surface area (Å²) in [6.07, 6.45) is 19.8. The number of aliphatic hydroxyl groups is 2. The summed E-state index contributed by atoms with van der Waals surface area (Å²) >= 11 is 0. The third-order valence-corrected chi connectivity index (χ3v) is 10.5. The summed E-state index contributed by atoms with van der Waals surface area (Å²) in [6, 6.07) is 0. The van der Waals surface area contributed by atoms with Crippen LogP contribution in [0.1, 0.15) is 89.9 Å². The van der Waals surface area contributed by atoms with Gasteiger partial charge in [0.2, 0.25) is 0 Å². The molecule has 3 aliphatic carbocycles. The van der Waals surface area contributed by atoms with Crippen LogP contribution in [0.15, 0.2) is 94.9 Å². The number of rotatable bonds is 6. The summed E-state index contributed by atoms with van der Waals surface area (Å²) in [7, 11) is 0. The van der Waals surface area contributed by atoms with E-state index in [4.69, 9.17) is 37.9 Å². The van der Waals surface area contributed by atoms with Crippen molar-refractivity contribution in [2.45, 2.75) is 113 Å². The van der Waals surface area contributed by atoms with Crippen molar-refractivity contribution >= 4 is 35.8 Å². The molecule has 16 nitrogen and oxygen atoms in total. The van der Waals surface area contributed by atoms with Crippen LogP contribution >= 0.6 is 0 Å². The number of hydrogen-bond acceptors (Lipinski definition) is 16. The maximum atomic E-state index is 12.9. The first kappa shape index (κ1) is 38.2. The van der Waals surface area contributed by atoms with Crippen LogP contribution in [0.4, 0.5) is 0 Å². The predicted octanol–water partition coefficient (Wildman–Crippen LogP) is 5.24. The van der Waals surface area contributed by atoms with Gasteiger partial charge in [-0.1, -0.05) is 49.3 Å². The average molecular weight is 777 g/mol. The molecule has 0 unspecified atom stereocenters. The molecule has 4 spiro atoms. The predicted molar refractivity (Wildman–Crippen MR) is 186 cm³/mol. The van der Waals surface area contributed by atoms with Crippen LogP contribution in [0.2, 0.25) is 0 Å². The molecule has 7 rings (SSSR count). The second kappa shape index (κ2) is 15.2. The highest BCUT2D eigenvalue weighted by atomic mass is 16.8. The van der Waals surface area contributed by atoms with Crippen LogP contribution in [-0.2, 0) is 66.7 Å². The smallest absolute Gasteiger partial charge is 0.348 e. The Hall–Kier alpha value is -6.06. The maximum absolute atomic E-state index is 12.9. The molecule has 0 aromatic rings. The molecule has 4 heterocycles. The Morgan fingerprint density at radius 2 is 0.661 bits per heavy atom. The third-order valence-electron chi connectivity index (χ3n) is 10.5. The highest BCUT2D eigenvalue weighted by Gasteiger charge is 2.55. The van der Waals surface area contributed by atoms with Crippen LogP contribution < -0.4 is 0 Å². The van der Waals surface area contributed by atoms with E-state index in [9.17, 15) is 39.0 Å². The van der Waals surface area contributed by atoms with Gasteiger partial charge in [0.05, 0.1) is 0 Å². The van der Waals surface area contributed by atoms with E-state index in [-0.39, 0.29) is 48.0 Å². The molecule has 4 aliphatic heterocycles. The van der Waals surface area contributed by atoms with E-state index < -0.39 is 70.9 Å². The number of carbonyl (C=O) groups is 6. The monoisotopic (exact) mass is 776 g/mol. The molecule has 0 aromatic carbocycles. The zero-order valence-corrected chi connectivity index (χ0v) is 30.3. The Labute approximate surface area is 320 Å². The summed E-state index contributed by atoms with van der Waals surface area (Å²) in [5.41, 5.74) is -1.14. The largest absolute Gasteiger partial charge is 0.480 e. The first-order chi connectivity index (χ1) is 26.8. The Balaban J connectivity index is 0.912. The Bertz CT molecular complexity index is 1760. The first-order valence-corrected chi connectivity index (χ1v) is 18.6. The lowest BCUT2D eigenvalue weighted by Gasteiger charge is -2.46. The van der Waals surface area contributed by atoms with Gasteiger partial charge in [-0.15, -0.1) is 0 Å².